The van der Waals surface area contributed by atoms with Crippen LogP contribution in [0.2, 0.25) is 0 Å². The number of benzene rings is 3. The average Bonchev–Trinajstić information content (AvgIpc) is 2.69. The zero-order chi connectivity index (χ0) is 21.8. The van der Waals surface area contributed by atoms with E-state index in [0.717, 1.165) is 17.4 Å². The smallest absolute Gasteiger partial charge is 0.306 e. The lowest BCUT2D eigenvalue weighted by Crippen LogP contribution is -2.30. The van der Waals surface area contributed by atoms with Crippen LogP contribution in [0.1, 0.15) is 16.7 Å². The van der Waals surface area contributed by atoms with Crippen molar-refractivity contribution in [3.8, 4) is 5.75 Å². The lowest BCUT2D eigenvalue weighted by molar-refractivity contribution is 0.401. The summed E-state index contributed by atoms with van der Waals surface area (Å²) in [7, 11) is -7.37. The third-order valence-corrected chi connectivity index (χ3v) is 6.69. The van der Waals surface area contributed by atoms with Crippen LogP contribution in [0.3, 0.4) is 0 Å². The summed E-state index contributed by atoms with van der Waals surface area (Å²) in [5, 5.41) is 0. The molecular weight excluding hydrogens is 422 g/mol. The van der Waals surface area contributed by atoms with Crippen molar-refractivity contribution in [2.75, 3.05) is 6.26 Å². The highest BCUT2D eigenvalue weighted by Crippen LogP contribution is 2.23. The van der Waals surface area contributed by atoms with Crippen molar-refractivity contribution < 1.29 is 21.0 Å². The van der Waals surface area contributed by atoms with Crippen molar-refractivity contribution in [1.29, 1.82) is 0 Å². The summed E-state index contributed by atoms with van der Waals surface area (Å²) in [6.45, 7) is 2.24. The van der Waals surface area contributed by atoms with Crippen LogP contribution in [0, 0.1) is 6.92 Å². The van der Waals surface area contributed by atoms with Gasteiger partial charge < -0.3 is 4.18 Å². The molecule has 0 aliphatic heterocycles. The zero-order valence-corrected chi connectivity index (χ0v) is 18.4. The van der Waals surface area contributed by atoms with Crippen LogP contribution in [0.25, 0.3) is 0 Å². The fourth-order valence-corrected chi connectivity index (χ4v) is 4.78. The average molecular weight is 446 g/mol. The minimum absolute atomic E-state index is 0.129. The number of sulfonamides is 1. The number of nitrogens with zero attached hydrogens (tertiary/aromatic N) is 1. The van der Waals surface area contributed by atoms with Crippen LogP contribution in [-0.2, 0) is 33.2 Å². The Bertz CT molecular complexity index is 1190. The Morgan fingerprint density at radius 1 is 0.733 bits per heavy atom. The summed E-state index contributed by atoms with van der Waals surface area (Å²) in [5.74, 6) is 0.178. The highest BCUT2D eigenvalue weighted by Gasteiger charge is 2.25. The van der Waals surface area contributed by atoms with E-state index in [9.17, 15) is 16.8 Å². The molecule has 0 N–H and O–H groups in total. The Labute approximate surface area is 177 Å². The summed E-state index contributed by atoms with van der Waals surface area (Å²) >= 11 is 0. The molecule has 0 fully saturated rings. The third kappa shape index (κ3) is 5.91. The van der Waals surface area contributed by atoms with E-state index in [-0.39, 0.29) is 23.7 Å². The monoisotopic (exact) mass is 445 g/mol. The van der Waals surface area contributed by atoms with Gasteiger partial charge in [-0.15, -0.1) is 0 Å². The molecule has 8 heteroatoms. The van der Waals surface area contributed by atoms with E-state index in [1.807, 2.05) is 37.3 Å². The molecule has 0 saturated heterocycles. The third-order valence-electron chi connectivity index (χ3n) is 4.39. The molecule has 0 heterocycles. The Kier molecular flexibility index (Phi) is 6.60. The van der Waals surface area contributed by atoms with Gasteiger partial charge in [0.15, 0.2) is 0 Å². The molecule has 0 atom stereocenters. The van der Waals surface area contributed by atoms with Crippen molar-refractivity contribution in [2.24, 2.45) is 0 Å². The predicted octanol–water partition coefficient (Wildman–Crippen LogP) is 3.72. The van der Waals surface area contributed by atoms with Crippen LogP contribution >= 0.6 is 0 Å². The van der Waals surface area contributed by atoms with Crippen molar-refractivity contribution in [2.45, 2.75) is 24.9 Å². The van der Waals surface area contributed by atoms with Crippen LogP contribution in [0.5, 0.6) is 5.75 Å². The summed E-state index contributed by atoms with van der Waals surface area (Å²) in [4.78, 5) is 0.223. The van der Waals surface area contributed by atoms with Gasteiger partial charge in [0.05, 0.1) is 11.2 Å². The molecule has 0 aliphatic rings. The minimum Gasteiger partial charge on any atom is -0.383 e. The Hall–Kier alpha value is -2.68. The van der Waals surface area contributed by atoms with Crippen LogP contribution in [0.4, 0.5) is 0 Å². The lowest BCUT2D eigenvalue weighted by atomic mass is 10.2. The first-order valence-corrected chi connectivity index (χ1v) is 12.5. The second-order valence-electron chi connectivity index (χ2n) is 7.00. The van der Waals surface area contributed by atoms with Gasteiger partial charge in [0.25, 0.3) is 0 Å². The first-order chi connectivity index (χ1) is 14.1. The number of hydrogen-bond acceptors (Lipinski definition) is 5. The van der Waals surface area contributed by atoms with Crippen LogP contribution in [0.15, 0.2) is 83.8 Å². The topological polar surface area (TPSA) is 80.8 Å². The summed E-state index contributed by atoms with van der Waals surface area (Å²) in [6.07, 6.45) is 0.969. The molecule has 0 amide bonds. The van der Waals surface area contributed by atoms with Crippen LogP contribution < -0.4 is 4.18 Å². The van der Waals surface area contributed by atoms with Crippen molar-refractivity contribution >= 4 is 20.1 Å². The number of hydrogen-bond donors (Lipinski definition) is 0. The summed E-state index contributed by atoms with van der Waals surface area (Å²) < 4.78 is 55.4. The molecular formula is C22H23NO5S2. The Morgan fingerprint density at radius 3 is 1.80 bits per heavy atom. The highest BCUT2D eigenvalue weighted by molar-refractivity contribution is 7.89. The SMILES string of the molecule is Cc1ccc(S(=O)(=O)N(Cc2ccccc2)Cc2ccc(OS(C)(=O)=O)cc2)cc1. The largest absolute Gasteiger partial charge is 0.383 e. The van der Waals surface area contributed by atoms with E-state index in [0.29, 0.717) is 5.56 Å². The molecule has 3 aromatic rings. The van der Waals surface area contributed by atoms with Gasteiger partial charge in [0, 0.05) is 13.1 Å². The molecule has 0 unspecified atom stereocenters. The Balaban J connectivity index is 1.90. The molecule has 0 radical (unpaired) electrons. The quantitative estimate of drug-likeness (QED) is 0.494. The molecule has 0 bridgehead atoms. The fourth-order valence-electron chi connectivity index (χ4n) is 2.90. The minimum atomic E-state index is -3.75. The first-order valence-electron chi connectivity index (χ1n) is 9.23. The van der Waals surface area contributed by atoms with Gasteiger partial charge in [-0.25, -0.2) is 8.42 Å². The van der Waals surface area contributed by atoms with Crippen molar-refractivity contribution in [1.82, 2.24) is 4.31 Å². The maximum atomic E-state index is 13.3. The van der Waals surface area contributed by atoms with Crippen LogP contribution in [-0.4, -0.2) is 27.4 Å². The summed E-state index contributed by atoms with van der Waals surface area (Å²) in [5.41, 5.74) is 2.55. The normalized spacial score (nSPS) is 12.1. The van der Waals surface area contributed by atoms with E-state index < -0.39 is 20.1 Å². The number of aryl methyl sites for hydroxylation is 1. The molecule has 30 heavy (non-hydrogen) atoms. The molecule has 3 rings (SSSR count). The molecule has 0 saturated carbocycles. The standard InChI is InChI=1S/C22H23NO5S2/c1-18-8-14-22(15-9-18)30(26,27)23(16-19-6-4-3-5-7-19)17-20-10-12-21(13-11-20)28-29(2,24)25/h3-15H,16-17H2,1-2H3. The highest BCUT2D eigenvalue weighted by atomic mass is 32.2. The molecule has 0 spiro atoms. The Morgan fingerprint density at radius 2 is 1.27 bits per heavy atom. The number of rotatable bonds is 8. The van der Waals surface area contributed by atoms with Gasteiger partial charge in [-0.2, -0.15) is 12.7 Å². The van der Waals surface area contributed by atoms with Gasteiger partial charge in [-0.3, -0.25) is 0 Å². The maximum absolute atomic E-state index is 13.3. The summed E-state index contributed by atoms with van der Waals surface area (Å²) in [6, 6.07) is 22.4. The predicted molar refractivity (Wildman–Crippen MR) is 116 cm³/mol. The molecule has 0 aliphatic carbocycles. The lowest BCUT2D eigenvalue weighted by Gasteiger charge is -2.23. The second-order valence-corrected chi connectivity index (χ2v) is 10.5. The van der Waals surface area contributed by atoms with E-state index >= 15 is 0 Å². The molecule has 0 aromatic heterocycles. The van der Waals surface area contributed by atoms with Crippen molar-refractivity contribution in [3.63, 3.8) is 0 Å². The maximum Gasteiger partial charge on any atom is 0.306 e. The van der Waals surface area contributed by atoms with E-state index in [1.165, 1.54) is 16.4 Å². The van der Waals surface area contributed by atoms with Gasteiger partial charge in [-0.1, -0.05) is 60.2 Å². The van der Waals surface area contributed by atoms with E-state index in [2.05, 4.69) is 0 Å². The van der Waals surface area contributed by atoms with Gasteiger partial charge in [0.2, 0.25) is 10.0 Å². The van der Waals surface area contributed by atoms with Gasteiger partial charge in [-0.05, 0) is 42.3 Å². The molecule has 158 valence electrons. The fraction of sp³-hybridized carbons (Fsp3) is 0.182. The van der Waals surface area contributed by atoms with Gasteiger partial charge >= 0.3 is 10.1 Å². The zero-order valence-electron chi connectivity index (χ0n) is 16.7. The van der Waals surface area contributed by atoms with E-state index in [4.69, 9.17) is 4.18 Å². The van der Waals surface area contributed by atoms with Crippen molar-refractivity contribution in [3.05, 3.63) is 95.6 Å². The second kappa shape index (κ2) is 8.99. The molecule has 6 nitrogen and oxygen atoms in total. The van der Waals surface area contributed by atoms with Gasteiger partial charge in [0.1, 0.15) is 5.75 Å². The van der Waals surface area contributed by atoms with E-state index in [1.54, 1.807) is 36.4 Å². The first kappa shape index (κ1) is 22.0. The molecule has 3 aromatic carbocycles.